The minimum atomic E-state index is -0.366. The number of hydrogen-bond acceptors (Lipinski definition) is 4. The summed E-state index contributed by atoms with van der Waals surface area (Å²) in [6.07, 6.45) is 4.02. The summed E-state index contributed by atoms with van der Waals surface area (Å²) < 4.78 is 1.49. The summed E-state index contributed by atoms with van der Waals surface area (Å²) in [4.78, 5) is 15.3. The van der Waals surface area contributed by atoms with E-state index in [0.29, 0.717) is 19.4 Å². The Balaban J connectivity index is 2.32. The second-order valence-corrected chi connectivity index (χ2v) is 3.10. The van der Waals surface area contributed by atoms with Crippen molar-refractivity contribution in [2.45, 2.75) is 25.8 Å². The van der Waals surface area contributed by atoms with Gasteiger partial charge in [-0.2, -0.15) is 10.4 Å². The Morgan fingerprint density at radius 1 is 1.73 bits per heavy atom. The Labute approximate surface area is 87.9 Å². The molecule has 0 fully saturated rings. The molecule has 0 spiro atoms. The number of amides is 1. The zero-order valence-corrected chi connectivity index (χ0v) is 8.55. The lowest BCUT2D eigenvalue weighted by molar-refractivity contribution is -0.124. The van der Waals surface area contributed by atoms with Gasteiger partial charge < -0.3 is 5.32 Å². The monoisotopic (exact) mass is 207 g/mol. The SMILES string of the molecule is CC(C(=O)NCCCC#N)n1cncn1. The van der Waals surface area contributed by atoms with Gasteiger partial charge in [0.05, 0.1) is 6.07 Å². The molecule has 0 saturated heterocycles. The van der Waals surface area contributed by atoms with E-state index in [1.165, 1.54) is 17.3 Å². The highest BCUT2D eigenvalue weighted by atomic mass is 16.2. The van der Waals surface area contributed by atoms with Crippen LogP contribution < -0.4 is 5.32 Å². The highest BCUT2D eigenvalue weighted by Gasteiger charge is 2.13. The van der Waals surface area contributed by atoms with Gasteiger partial charge in [-0.15, -0.1) is 0 Å². The summed E-state index contributed by atoms with van der Waals surface area (Å²) in [5, 5.41) is 14.9. The van der Waals surface area contributed by atoms with E-state index in [0.717, 1.165) is 0 Å². The average Bonchev–Trinajstić information content (AvgIpc) is 2.76. The van der Waals surface area contributed by atoms with Gasteiger partial charge in [-0.05, 0) is 13.3 Å². The van der Waals surface area contributed by atoms with Gasteiger partial charge >= 0.3 is 0 Å². The fourth-order valence-corrected chi connectivity index (χ4v) is 1.06. The van der Waals surface area contributed by atoms with Crippen molar-refractivity contribution in [2.24, 2.45) is 0 Å². The minimum Gasteiger partial charge on any atom is -0.354 e. The van der Waals surface area contributed by atoms with Gasteiger partial charge in [-0.3, -0.25) is 4.79 Å². The van der Waals surface area contributed by atoms with Crippen molar-refractivity contribution in [2.75, 3.05) is 6.54 Å². The molecule has 1 aromatic rings. The van der Waals surface area contributed by atoms with E-state index >= 15 is 0 Å². The smallest absolute Gasteiger partial charge is 0.244 e. The van der Waals surface area contributed by atoms with Crippen LogP contribution in [0.2, 0.25) is 0 Å². The van der Waals surface area contributed by atoms with Gasteiger partial charge in [0.15, 0.2) is 0 Å². The van der Waals surface area contributed by atoms with Crippen LogP contribution in [0.1, 0.15) is 25.8 Å². The number of rotatable bonds is 5. The third-order valence-corrected chi connectivity index (χ3v) is 1.98. The summed E-state index contributed by atoms with van der Waals surface area (Å²) in [6, 6.07) is 1.65. The lowest BCUT2D eigenvalue weighted by atomic mass is 10.3. The highest BCUT2D eigenvalue weighted by molar-refractivity contribution is 5.79. The zero-order chi connectivity index (χ0) is 11.1. The van der Waals surface area contributed by atoms with Crippen LogP contribution >= 0.6 is 0 Å². The molecule has 80 valence electrons. The molecule has 1 atom stereocenters. The molecular formula is C9H13N5O. The van der Waals surface area contributed by atoms with Gasteiger partial charge in [-0.25, -0.2) is 9.67 Å². The molecule has 0 aliphatic heterocycles. The predicted octanol–water partition coefficient (Wildman–Crippen LogP) is 0.259. The summed E-state index contributed by atoms with van der Waals surface area (Å²) >= 11 is 0. The average molecular weight is 207 g/mol. The molecule has 0 aliphatic carbocycles. The maximum atomic E-state index is 11.5. The second kappa shape index (κ2) is 5.75. The maximum absolute atomic E-state index is 11.5. The standard InChI is InChI=1S/C9H13N5O/c1-8(14-7-11-6-13-14)9(15)12-5-3-2-4-10/h6-8H,2-3,5H2,1H3,(H,12,15). The fourth-order valence-electron chi connectivity index (χ4n) is 1.06. The van der Waals surface area contributed by atoms with Crippen LogP contribution in [-0.4, -0.2) is 27.2 Å². The molecule has 0 bridgehead atoms. The Bertz CT molecular complexity index is 340. The number of aromatic nitrogens is 3. The molecule has 1 amide bonds. The predicted molar refractivity (Wildman–Crippen MR) is 52.6 cm³/mol. The van der Waals surface area contributed by atoms with Gasteiger partial charge in [0.25, 0.3) is 0 Å². The number of unbranched alkanes of at least 4 members (excludes halogenated alkanes) is 1. The van der Waals surface area contributed by atoms with Crippen molar-refractivity contribution < 1.29 is 4.79 Å². The van der Waals surface area contributed by atoms with Crippen LogP contribution in [0.15, 0.2) is 12.7 Å². The number of nitrogens with zero attached hydrogens (tertiary/aromatic N) is 4. The molecule has 0 aromatic carbocycles. The van der Waals surface area contributed by atoms with E-state index in [4.69, 9.17) is 5.26 Å². The number of nitrogens with one attached hydrogen (secondary N) is 1. The van der Waals surface area contributed by atoms with Crippen LogP contribution in [0.4, 0.5) is 0 Å². The first kappa shape index (κ1) is 11.2. The number of carbonyl (C=O) groups is 1. The molecule has 0 aliphatic rings. The van der Waals surface area contributed by atoms with Crippen molar-refractivity contribution in [1.82, 2.24) is 20.1 Å². The first-order valence-electron chi connectivity index (χ1n) is 4.74. The molecular weight excluding hydrogens is 194 g/mol. The summed E-state index contributed by atoms with van der Waals surface area (Å²) in [5.74, 6) is -0.113. The normalized spacial score (nSPS) is 11.7. The van der Waals surface area contributed by atoms with E-state index in [9.17, 15) is 4.79 Å². The van der Waals surface area contributed by atoms with Gasteiger partial charge in [0, 0.05) is 13.0 Å². The Morgan fingerprint density at radius 3 is 3.13 bits per heavy atom. The van der Waals surface area contributed by atoms with Crippen LogP contribution in [-0.2, 0) is 4.79 Å². The molecule has 15 heavy (non-hydrogen) atoms. The summed E-state index contributed by atoms with van der Waals surface area (Å²) in [5.41, 5.74) is 0. The van der Waals surface area contributed by atoms with Crippen LogP contribution in [0.25, 0.3) is 0 Å². The molecule has 6 nitrogen and oxygen atoms in total. The van der Waals surface area contributed by atoms with Gasteiger partial charge in [0.1, 0.15) is 18.7 Å². The Kier molecular flexibility index (Phi) is 4.29. The van der Waals surface area contributed by atoms with Crippen molar-refractivity contribution in [1.29, 1.82) is 5.26 Å². The maximum Gasteiger partial charge on any atom is 0.244 e. The largest absolute Gasteiger partial charge is 0.354 e. The lowest BCUT2D eigenvalue weighted by Gasteiger charge is -2.11. The molecule has 1 N–H and O–H groups in total. The van der Waals surface area contributed by atoms with E-state index in [-0.39, 0.29) is 11.9 Å². The van der Waals surface area contributed by atoms with Crippen LogP contribution in [0.3, 0.4) is 0 Å². The van der Waals surface area contributed by atoms with Crippen LogP contribution in [0.5, 0.6) is 0 Å². The first-order valence-corrected chi connectivity index (χ1v) is 4.74. The van der Waals surface area contributed by atoms with Gasteiger partial charge in [-0.1, -0.05) is 0 Å². The van der Waals surface area contributed by atoms with Gasteiger partial charge in [0.2, 0.25) is 5.91 Å². The molecule has 1 rings (SSSR count). The third-order valence-electron chi connectivity index (χ3n) is 1.98. The van der Waals surface area contributed by atoms with Crippen molar-refractivity contribution >= 4 is 5.91 Å². The van der Waals surface area contributed by atoms with Crippen LogP contribution in [0, 0.1) is 11.3 Å². The first-order chi connectivity index (χ1) is 7.25. The topological polar surface area (TPSA) is 83.6 Å². The molecule has 1 heterocycles. The van der Waals surface area contributed by atoms with E-state index < -0.39 is 0 Å². The van der Waals surface area contributed by atoms with E-state index in [2.05, 4.69) is 15.4 Å². The number of hydrogen-bond donors (Lipinski definition) is 1. The summed E-state index contributed by atoms with van der Waals surface area (Å²) in [7, 11) is 0. The molecule has 0 radical (unpaired) electrons. The van der Waals surface area contributed by atoms with Crippen molar-refractivity contribution in [3.8, 4) is 6.07 Å². The van der Waals surface area contributed by atoms with E-state index in [1.807, 2.05) is 6.07 Å². The zero-order valence-electron chi connectivity index (χ0n) is 8.55. The lowest BCUT2D eigenvalue weighted by Crippen LogP contribution is -2.31. The Morgan fingerprint density at radius 2 is 2.53 bits per heavy atom. The molecule has 1 unspecified atom stereocenters. The number of nitriles is 1. The third kappa shape index (κ3) is 3.38. The second-order valence-electron chi connectivity index (χ2n) is 3.10. The highest BCUT2D eigenvalue weighted by Crippen LogP contribution is 2.01. The fraction of sp³-hybridized carbons (Fsp3) is 0.556. The minimum absolute atomic E-state index is 0.113. The summed E-state index contributed by atoms with van der Waals surface area (Å²) in [6.45, 7) is 2.26. The van der Waals surface area contributed by atoms with E-state index in [1.54, 1.807) is 6.92 Å². The molecule has 0 saturated carbocycles. The quantitative estimate of drug-likeness (QED) is 0.702. The Hall–Kier alpha value is -1.90. The van der Waals surface area contributed by atoms with Crippen molar-refractivity contribution in [3.05, 3.63) is 12.7 Å². The number of carbonyl (C=O) groups excluding carboxylic acids is 1. The van der Waals surface area contributed by atoms with Crippen molar-refractivity contribution in [3.63, 3.8) is 0 Å². The molecule has 1 aromatic heterocycles. The molecule has 6 heteroatoms.